The van der Waals surface area contributed by atoms with Crippen molar-refractivity contribution in [2.24, 2.45) is 17.8 Å². The van der Waals surface area contributed by atoms with Gasteiger partial charge in [0.25, 0.3) is 0 Å². The molecule has 2 atom stereocenters. The lowest BCUT2D eigenvalue weighted by atomic mass is 9.99. The smallest absolute Gasteiger partial charge is 0.0105 e. The van der Waals surface area contributed by atoms with Crippen LogP contribution in [0.1, 0.15) is 61.3 Å². The predicted molar refractivity (Wildman–Crippen MR) is 87.7 cm³/mol. The van der Waals surface area contributed by atoms with Crippen LogP contribution in [-0.2, 0) is 0 Å². The molecule has 0 amide bonds. The van der Waals surface area contributed by atoms with Gasteiger partial charge < -0.3 is 10.2 Å². The van der Waals surface area contributed by atoms with Gasteiger partial charge in [-0.05, 0) is 63.7 Å². The Labute approximate surface area is 122 Å². The highest BCUT2D eigenvalue weighted by Crippen LogP contribution is 2.15. The van der Waals surface area contributed by atoms with E-state index in [1.165, 1.54) is 25.9 Å². The number of hydrogen-bond donors (Lipinski definition) is 1. The van der Waals surface area contributed by atoms with Crippen molar-refractivity contribution in [3.05, 3.63) is 0 Å². The monoisotopic (exact) mass is 270 g/mol. The Hall–Kier alpha value is -0.0800. The lowest BCUT2D eigenvalue weighted by Gasteiger charge is -2.34. The van der Waals surface area contributed by atoms with Crippen molar-refractivity contribution in [1.82, 2.24) is 10.2 Å². The van der Waals surface area contributed by atoms with Crippen LogP contribution in [0.2, 0.25) is 0 Å². The quantitative estimate of drug-likeness (QED) is 0.610. The van der Waals surface area contributed by atoms with Crippen molar-refractivity contribution in [3.8, 4) is 0 Å². The van der Waals surface area contributed by atoms with Crippen molar-refractivity contribution >= 4 is 0 Å². The second-order valence-electron chi connectivity index (χ2n) is 6.93. The summed E-state index contributed by atoms with van der Waals surface area (Å²) >= 11 is 0. The molecule has 0 aromatic rings. The molecular formula is C17H38N2. The molecule has 0 saturated carbocycles. The molecule has 2 nitrogen and oxygen atoms in total. The summed E-state index contributed by atoms with van der Waals surface area (Å²) in [5, 5.41) is 3.49. The van der Waals surface area contributed by atoms with Crippen LogP contribution < -0.4 is 5.32 Å². The summed E-state index contributed by atoms with van der Waals surface area (Å²) in [5.41, 5.74) is 0. The maximum atomic E-state index is 3.49. The Balaban J connectivity index is 4.33. The first-order chi connectivity index (χ1) is 8.88. The van der Waals surface area contributed by atoms with Gasteiger partial charge in [0.05, 0.1) is 0 Å². The highest BCUT2D eigenvalue weighted by molar-refractivity contribution is 4.75. The molecule has 116 valence electrons. The predicted octanol–water partition coefficient (Wildman–Crippen LogP) is 4.01. The van der Waals surface area contributed by atoms with E-state index in [2.05, 4.69) is 58.7 Å². The molecule has 19 heavy (non-hydrogen) atoms. The van der Waals surface area contributed by atoms with Crippen molar-refractivity contribution < 1.29 is 0 Å². The zero-order valence-corrected chi connectivity index (χ0v) is 14.5. The van der Waals surface area contributed by atoms with Crippen LogP contribution in [0.25, 0.3) is 0 Å². The van der Waals surface area contributed by atoms with Crippen molar-refractivity contribution in [1.29, 1.82) is 0 Å². The molecule has 0 heterocycles. The minimum atomic E-state index is 0.677. The first-order valence-electron chi connectivity index (χ1n) is 8.33. The maximum Gasteiger partial charge on any atom is 0.0105 e. The summed E-state index contributed by atoms with van der Waals surface area (Å²) in [4.78, 5) is 2.71. The van der Waals surface area contributed by atoms with Gasteiger partial charge in [-0.3, -0.25) is 0 Å². The first kappa shape index (κ1) is 18.9. The highest BCUT2D eigenvalue weighted by atomic mass is 15.2. The SMILES string of the molecule is CCNCC(C)C(C)N(CCC(C)C)CCC(C)C. The molecule has 0 aliphatic carbocycles. The third-order valence-electron chi connectivity index (χ3n) is 4.10. The largest absolute Gasteiger partial charge is 0.317 e. The molecule has 0 fully saturated rings. The Morgan fingerprint density at radius 1 is 0.842 bits per heavy atom. The summed E-state index contributed by atoms with van der Waals surface area (Å²) in [6, 6.07) is 0.677. The topological polar surface area (TPSA) is 15.3 Å². The summed E-state index contributed by atoms with van der Waals surface area (Å²) in [6.07, 6.45) is 2.63. The van der Waals surface area contributed by atoms with E-state index in [1.807, 2.05) is 0 Å². The normalized spacial score (nSPS) is 15.5. The molecule has 2 unspecified atom stereocenters. The third kappa shape index (κ3) is 9.45. The van der Waals surface area contributed by atoms with E-state index in [9.17, 15) is 0 Å². The van der Waals surface area contributed by atoms with Gasteiger partial charge in [0.2, 0.25) is 0 Å². The fraction of sp³-hybridized carbons (Fsp3) is 1.00. The van der Waals surface area contributed by atoms with Crippen molar-refractivity contribution in [2.45, 2.75) is 67.3 Å². The van der Waals surface area contributed by atoms with E-state index in [4.69, 9.17) is 0 Å². The Bertz CT molecular complexity index is 189. The fourth-order valence-corrected chi connectivity index (χ4v) is 2.27. The van der Waals surface area contributed by atoms with Gasteiger partial charge in [-0.25, -0.2) is 0 Å². The van der Waals surface area contributed by atoms with Crippen LogP contribution in [-0.4, -0.2) is 37.1 Å². The molecule has 0 aliphatic rings. The standard InChI is InChI=1S/C17H38N2/c1-8-18-13-16(6)17(7)19(11-9-14(2)3)12-10-15(4)5/h14-18H,8-13H2,1-7H3. The van der Waals surface area contributed by atoms with Crippen molar-refractivity contribution in [2.75, 3.05) is 26.2 Å². The van der Waals surface area contributed by atoms with Crippen LogP contribution in [0, 0.1) is 17.8 Å². The van der Waals surface area contributed by atoms with E-state index in [1.54, 1.807) is 0 Å². The molecule has 0 aromatic heterocycles. The third-order valence-corrected chi connectivity index (χ3v) is 4.10. The Morgan fingerprint density at radius 2 is 1.32 bits per heavy atom. The summed E-state index contributed by atoms with van der Waals surface area (Å²) in [7, 11) is 0. The molecule has 0 rings (SSSR count). The number of hydrogen-bond acceptors (Lipinski definition) is 2. The van der Waals surface area contributed by atoms with Gasteiger partial charge in [0.1, 0.15) is 0 Å². The van der Waals surface area contributed by atoms with Crippen LogP contribution in [0.4, 0.5) is 0 Å². The number of rotatable bonds is 11. The maximum absolute atomic E-state index is 3.49. The molecule has 0 bridgehead atoms. The lowest BCUT2D eigenvalue weighted by Crippen LogP contribution is -2.42. The molecule has 2 heteroatoms. The van der Waals surface area contributed by atoms with Gasteiger partial charge in [0.15, 0.2) is 0 Å². The second kappa shape index (κ2) is 10.7. The number of nitrogens with zero attached hydrogens (tertiary/aromatic N) is 1. The van der Waals surface area contributed by atoms with Gasteiger partial charge in [0, 0.05) is 6.04 Å². The van der Waals surface area contributed by atoms with E-state index >= 15 is 0 Å². The zero-order valence-electron chi connectivity index (χ0n) is 14.5. The van der Waals surface area contributed by atoms with E-state index in [0.717, 1.165) is 30.8 Å². The van der Waals surface area contributed by atoms with Crippen LogP contribution in [0.5, 0.6) is 0 Å². The summed E-state index contributed by atoms with van der Waals surface area (Å²) < 4.78 is 0. The molecule has 1 N–H and O–H groups in total. The molecule has 0 radical (unpaired) electrons. The first-order valence-corrected chi connectivity index (χ1v) is 8.33. The second-order valence-corrected chi connectivity index (χ2v) is 6.93. The van der Waals surface area contributed by atoms with Gasteiger partial charge in [-0.2, -0.15) is 0 Å². The highest BCUT2D eigenvalue weighted by Gasteiger charge is 2.19. The fourth-order valence-electron chi connectivity index (χ4n) is 2.27. The van der Waals surface area contributed by atoms with Crippen LogP contribution >= 0.6 is 0 Å². The average molecular weight is 271 g/mol. The van der Waals surface area contributed by atoms with Crippen molar-refractivity contribution in [3.63, 3.8) is 0 Å². The summed E-state index contributed by atoms with van der Waals surface area (Å²) in [5.74, 6) is 2.33. The Morgan fingerprint density at radius 3 is 1.68 bits per heavy atom. The minimum absolute atomic E-state index is 0.677. The molecule has 0 spiro atoms. The van der Waals surface area contributed by atoms with E-state index in [-0.39, 0.29) is 0 Å². The molecule has 0 aromatic carbocycles. The Kier molecular flexibility index (Phi) is 10.6. The molecule has 0 saturated heterocycles. The van der Waals surface area contributed by atoms with Crippen LogP contribution in [0.3, 0.4) is 0 Å². The van der Waals surface area contributed by atoms with Gasteiger partial charge in [-0.1, -0.05) is 41.5 Å². The van der Waals surface area contributed by atoms with E-state index < -0.39 is 0 Å². The number of nitrogens with one attached hydrogen (secondary N) is 1. The van der Waals surface area contributed by atoms with Gasteiger partial charge in [-0.15, -0.1) is 0 Å². The van der Waals surface area contributed by atoms with E-state index in [0.29, 0.717) is 6.04 Å². The van der Waals surface area contributed by atoms with Crippen LogP contribution in [0.15, 0.2) is 0 Å². The zero-order chi connectivity index (χ0) is 14.8. The van der Waals surface area contributed by atoms with Gasteiger partial charge >= 0.3 is 0 Å². The average Bonchev–Trinajstić information content (AvgIpc) is 2.34. The minimum Gasteiger partial charge on any atom is -0.317 e. The molecular weight excluding hydrogens is 232 g/mol. The lowest BCUT2D eigenvalue weighted by molar-refractivity contribution is 0.145. The molecule has 0 aliphatic heterocycles. The summed E-state index contributed by atoms with van der Waals surface area (Å²) in [6.45, 7) is 21.0.